The molecule has 188 valence electrons. The van der Waals surface area contributed by atoms with Crippen LogP contribution in [0, 0.1) is 0 Å². The summed E-state index contributed by atoms with van der Waals surface area (Å²) in [6.07, 6.45) is 0. The number of anilines is 2. The summed E-state index contributed by atoms with van der Waals surface area (Å²) in [5.41, 5.74) is 8.38. The molecule has 0 saturated carbocycles. The van der Waals surface area contributed by atoms with Gasteiger partial charge in [-0.25, -0.2) is 0 Å². The molecule has 2 N–H and O–H groups in total. The van der Waals surface area contributed by atoms with Gasteiger partial charge in [-0.3, -0.25) is 0 Å². The summed E-state index contributed by atoms with van der Waals surface area (Å²) < 4.78 is 0. The molecule has 0 amide bonds. The largest absolute Gasteiger partial charge is 0.383 e. The summed E-state index contributed by atoms with van der Waals surface area (Å²) in [7, 11) is 2.22. The Bertz CT molecular complexity index is 721. The van der Waals surface area contributed by atoms with E-state index in [-0.39, 0.29) is 16.5 Å². The van der Waals surface area contributed by atoms with E-state index >= 15 is 0 Å². The van der Waals surface area contributed by atoms with Crippen LogP contribution in [-0.2, 0) is 16.5 Å². The summed E-state index contributed by atoms with van der Waals surface area (Å²) in [5, 5.41) is 7.54. The van der Waals surface area contributed by atoms with Crippen molar-refractivity contribution in [3.05, 3.63) is 58.7 Å². The second-order valence-electron chi connectivity index (χ2n) is 10.4. The number of nitrogens with one attached hydrogen (secondary N) is 2. The minimum absolute atomic E-state index is 0. The molecule has 2 aromatic rings. The fourth-order valence-electron chi connectivity index (χ4n) is 4.37. The molecule has 3 nitrogen and oxygen atoms in total. The minimum Gasteiger partial charge on any atom is -0.383 e. The van der Waals surface area contributed by atoms with Crippen LogP contribution < -0.4 is 10.6 Å². The smallest absolute Gasteiger partial charge is 0.0410 e. The molecule has 2 aromatic carbocycles. The third-order valence-electron chi connectivity index (χ3n) is 6.34. The molecule has 0 bridgehead atoms. The van der Waals surface area contributed by atoms with Crippen LogP contribution in [0.2, 0.25) is 0 Å². The van der Waals surface area contributed by atoms with Crippen LogP contribution in [-0.4, -0.2) is 38.1 Å². The third-order valence-corrected chi connectivity index (χ3v) is 6.34. The van der Waals surface area contributed by atoms with Crippen molar-refractivity contribution in [2.45, 2.75) is 79.1 Å². The normalized spacial score (nSPS) is 11.6. The first-order valence-corrected chi connectivity index (χ1v) is 12.5. The molecule has 0 aliphatic heterocycles. The van der Waals surface area contributed by atoms with Gasteiger partial charge in [-0.2, -0.15) is 0 Å². The van der Waals surface area contributed by atoms with E-state index in [9.17, 15) is 0 Å². The number of para-hydroxylation sites is 2. The summed E-state index contributed by atoms with van der Waals surface area (Å²) in [4.78, 5) is 2.42. The predicted molar refractivity (Wildman–Crippen MR) is 144 cm³/mol. The number of benzene rings is 2. The number of likely N-dealkylation sites (N-methyl/N-ethyl adjacent to an activating group) is 1. The van der Waals surface area contributed by atoms with Crippen molar-refractivity contribution in [3.8, 4) is 0 Å². The molecule has 4 heteroatoms. The summed E-state index contributed by atoms with van der Waals surface area (Å²) in [5.74, 6) is 2.09. The van der Waals surface area contributed by atoms with Crippen LogP contribution >= 0.6 is 0 Å². The van der Waals surface area contributed by atoms with E-state index < -0.39 is 0 Å². The number of hydrogen-bond donors (Lipinski definition) is 2. The van der Waals surface area contributed by atoms with Crippen molar-refractivity contribution >= 4 is 11.4 Å². The first kappa shape index (κ1) is 29.5. The van der Waals surface area contributed by atoms with Crippen LogP contribution in [0.3, 0.4) is 0 Å². The monoisotopic (exact) mass is 495 g/mol. The van der Waals surface area contributed by atoms with Gasteiger partial charge in [0.15, 0.2) is 0 Å². The van der Waals surface area contributed by atoms with Gasteiger partial charge in [0.25, 0.3) is 0 Å². The molecule has 0 spiro atoms. The zero-order valence-electron chi connectivity index (χ0n) is 22.4. The van der Waals surface area contributed by atoms with Gasteiger partial charge in [0.05, 0.1) is 0 Å². The summed E-state index contributed by atoms with van der Waals surface area (Å²) in [6, 6.07) is 13.5. The molecule has 2 rings (SSSR count). The summed E-state index contributed by atoms with van der Waals surface area (Å²) in [6.45, 7) is 22.2. The average Bonchev–Trinajstić information content (AvgIpc) is 2.73. The van der Waals surface area contributed by atoms with Crippen molar-refractivity contribution in [3.63, 3.8) is 0 Å². The van der Waals surface area contributed by atoms with Gasteiger partial charge in [0, 0.05) is 54.0 Å². The van der Waals surface area contributed by atoms with Gasteiger partial charge >= 0.3 is 0 Å². The molecular weight excluding hydrogens is 449 g/mol. The second-order valence-corrected chi connectivity index (χ2v) is 10.4. The topological polar surface area (TPSA) is 27.3 Å². The van der Waals surface area contributed by atoms with Crippen molar-refractivity contribution < 1.29 is 16.5 Å². The van der Waals surface area contributed by atoms with E-state index in [0.29, 0.717) is 23.7 Å². The number of rotatable bonds is 12. The maximum atomic E-state index is 3.77. The van der Waals surface area contributed by atoms with E-state index in [4.69, 9.17) is 0 Å². The van der Waals surface area contributed by atoms with Crippen LogP contribution in [0.15, 0.2) is 36.4 Å². The first-order valence-electron chi connectivity index (χ1n) is 12.5. The van der Waals surface area contributed by atoms with Crippen LogP contribution in [0.1, 0.15) is 101 Å². The Balaban J connectivity index is 0.00000544. The third kappa shape index (κ3) is 8.34. The van der Waals surface area contributed by atoms with E-state index in [2.05, 4.69) is 114 Å². The maximum Gasteiger partial charge on any atom is 0.0410 e. The molecule has 0 atom stereocenters. The number of nitrogens with zero attached hydrogens (tertiary/aromatic N) is 1. The minimum atomic E-state index is 0. The Morgan fingerprint density at radius 3 is 1.09 bits per heavy atom. The molecule has 0 aliphatic rings. The molecule has 0 heterocycles. The number of hydrogen-bond acceptors (Lipinski definition) is 3. The zero-order chi connectivity index (χ0) is 23.8. The van der Waals surface area contributed by atoms with Crippen LogP contribution in [0.5, 0.6) is 0 Å². The van der Waals surface area contributed by atoms with E-state index in [1.54, 1.807) is 0 Å². The molecule has 33 heavy (non-hydrogen) atoms. The fourth-order valence-corrected chi connectivity index (χ4v) is 4.37. The van der Waals surface area contributed by atoms with Crippen molar-refractivity contribution in [2.75, 3.05) is 43.9 Å². The second kappa shape index (κ2) is 14.0. The van der Waals surface area contributed by atoms with E-state index in [1.165, 1.54) is 33.6 Å². The fraction of sp³-hybridized carbons (Fsp3) is 0.586. The van der Waals surface area contributed by atoms with Crippen molar-refractivity contribution in [1.29, 1.82) is 0 Å². The Labute approximate surface area is 214 Å². The Morgan fingerprint density at radius 1 is 0.576 bits per heavy atom. The van der Waals surface area contributed by atoms with Crippen molar-refractivity contribution in [1.82, 2.24) is 4.90 Å². The average molecular weight is 496 g/mol. The molecule has 0 unspecified atom stereocenters. The molecule has 0 saturated heterocycles. The molecule has 0 fully saturated rings. The Kier molecular flexibility index (Phi) is 12.5. The maximum absolute atomic E-state index is 3.77. The molecule has 0 radical (unpaired) electrons. The molecule has 0 aliphatic carbocycles. The van der Waals surface area contributed by atoms with Crippen LogP contribution in [0.25, 0.3) is 0 Å². The van der Waals surface area contributed by atoms with Gasteiger partial charge < -0.3 is 15.5 Å². The molecular formula is C29H47N3Ni. The van der Waals surface area contributed by atoms with Crippen LogP contribution in [0.4, 0.5) is 11.4 Å². The first-order chi connectivity index (χ1) is 15.1. The molecule has 0 aromatic heterocycles. The van der Waals surface area contributed by atoms with Gasteiger partial charge in [-0.05, 0) is 53.0 Å². The zero-order valence-corrected chi connectivity index (χ0v) is 23.4. The van der Waals surface area contributed by atoms with Gasteiger partial charge in [-0.1, -0.05) is 91.8 Å². The van der Waals surface area contributed by atoms with Gasteiger partial charge in [0.2, 0.25) is 0 Å². The van der Waals surface area contributed by atoms with E-state index in [0.717, 1.165) is 26.2 Å². The van der Waals surface area contributed by atoms with E-state index in [1.807, 2.05) is 0 Å². The Hall–Kier alpha value is -1.51. The van der Waals surface area contributed by atoms with Crippen molar-refractivity contribution in [2.24, 2.45) is 0 Å². The standard InChI is InChI=1S/C29H47N3.Ni/c1-20(2)24-12-10-13-25(21(3)4)28(24)30-16-18-32(9)19-17-31-29-26(22(5)6)14-11-15-27(29)23(7)8;/h10-15,20-23,30-31H,16-19H2,1-9H3;. The summed E-state index contributed by atoms with van der Waals surface area (Å²) >= 11 is 0. The van der Waals surface area contributed by atoms with Gasteiger partial charge in [0.1, 0.15) is 0 Å². The quantitative estimate of drug-likeness (QED) is 0.296. The SMILES string of the molecule is CC(C)c1cccc(C(C)C)c1NCCN(C)CCNc1c(C(C)C)cccc1C(C)C.[Ni]. The Morgan fingerprint density at radius 2 is 0.848 bits per heavy atom. The van der Waals surface area contributed by atoms with Gasteiger partial charge in [-0.15, -0.1) is 0 Å². The predicted octanol–water partition coefficient (Wildman–Crippen LogP) is 7.63.